The van der Waals surface area contributed by atoms with E-state index in [2.05, 4.69) is 30.9 Å². The molecule has 1 unspecified atom stereocenters. The van der Waals surface area contributed by atoms with Gasteiger partial charge in [-0.2, -0.15) is 0 Å². The van der Waals surface area contributed by atoms with Crippen LogP contribution in [-0.2, 0) is 16.0 Å². The molecule has 1 aliphatic heterocycles. The van der Waals surface area contributed by atoms with Crippen LogP contribution < -0.4 is 0 Å². The van der Waals surface area contributed by atoms with Gasteiger partial charge in [0.15, 0.2) is 0 Å². The molecule has 19 heavy (non-hydrogen) atoms. The molecule has 0 saturated carbocycles. The van der Waals surface area contributed by atoms with E-state index in [1.54, 1.807) is 6.08 Å². The predicted octanol–water partition coefficient (Wildman–Crippen LogP) is 2.77. The highest BCUT2D eigenvalue weighted by molar-refractivity contribution is 5.85. The van der Waals surface area contributed by atoms with Crippen molar-refractivity contribution in [3.63, 3.8) is 0 Å². The summed E-state index contributed by atoms with van der Waals surface area (Å²) in [5.41, 5.74) is 2.32. The Balaban J connectivity index is 1.99. The maximum absolute atomic E-state index is 11.5. The Bertz CT molecular complexity index is 449. The van der Waals surface area contributed by atoms with E-state index in [4.69, 9.17) is 4.74 Å². The van der Waals surface area contributed by atoms with Crippen molar-refractivity contribution in [3.8, 4) is 0 Å². The van der Waals surface area contributed by atoms with Crippen molar-refractivity contribution < 1.29 is 9.53 Å². The molecule has 1 aromatic carbocycles. The summed E-state index contributed by atoms with van der Waals surface area (Å²) < 4.78 is 5.41. The zero-order valence-electron chi connectivity index (χ0n) is 11.6. The largest absolute Gasteiger partial charge is 0.453 e. The smallest absolute Gasteiger partial charge is 0.333 e. The van der Waals surface area contributed by atoms with Gasteiger partial charge in [0.05, 0.1) is 5.70 Å². The third-order valence-electron chi connectivity index (χ3n) is 3.52. The first-order chi connectivity index (χ1) is 9.24. The fraction of sp³-hybridized carbons (Fsp3) is 0.438. The van der Waals surface area contributed by atoms with Crippen LogP contribution in [0, 0.1) is 0 Å². The molecule has 1 aliphatic rings. The van der Waals surface area contributed by atoms with E-state index in [9.17, 15) is 4.79 Å². The number of cyclic esters (lactones) is 1. The van der Waals surface area contributed by atoms with Gasteiger partial charge in [0.25, 0.3) is 0 Å². The summed E-state index contributed by atoms with van der Waals surface area (Å²) in [7, 11) is 0. The van der Waals surface area contributed by atoms with Gasteiger partial charge in [-0.1, -0.05) is 30.3 Å². The first kappa shape index (κ1) is 13.7. The first-order valence-corrected chi connectivity index (χ1v) is 6.95. The molecule has 102 valence electrons. The summed E-state index contributed by atoms with van der Waals surface area (Å²) in [4.78, 5) is 13.7. The van der Waals surface area contributed by atoms with Crippen LogP contribution in [0.3, 0.4) is 0 Å². The number of likely N-dealkylation sites (N-methyl/N-ethyl adjacent to an activating group) is 1. The summed E-state index contributed by atoms with van der Waals surface area (Å²) in [5.74, 6) is -0.208. The van der Waals surface area contributed by atoms with E-state index >= 15 is 0 Å². The fourth-order valence-electron chi connectivity index (χ4n) is 2.48. The first-order valence-electron chi connectivity index (χ1n) is 6.95. The van der Waals surface area contributed by atoms with Gasteiger partial charge in [0.1, 0.15) is 6.10 Å². The van der Waals surface area contributed by atoms with Crippen molar-refractivity contribution in [2.75, 3.05) is 13.1 Å². The quantitative estimate of drug-likeness (QED) is 0.736. The molecule has 0 radical (unpaired) electrons. The molecule has 0 fully saturated rings. The SMILES string of the molecule is CCN(CC)C1=CC(=O)OC1CCc1ccccc1. The van der Waals surface area contributed by atoms with Crippen molar-refractivity contribution >= 4 is 5.97 Å². The van der Waals surface area contributed by atoms with Gasteiger partial charge in [0, 0.05) is 19.2 Å². The molecule has 0 saturated heterocycles. The average molecular weight is 259 g/mol. The monoisotopic (exact) mass is 259 g/mol. The van der Waals surface area contributed by atoms with Crippen LogP contribution in [0.5, 0.6) is 0 Å². The van der Waals surface area contributed by atoms with E-state index in [0.717, 1.165) is 31.6 Å². The van der Waals surface area contributed by atoms with Crippen molar-refractivity contribution in [2.24, 2.45) is 0 Å². The molecule has 0 aliphatic carbocycles. The number of nitrogens with zero attached hydrogens (tertiary/aromatic N) is 1. The molecular formula is C16H21NO2. The van der Waals surface area contributed by atoms with Gasteiger partial charge in [0.2, 0.25) is 0 Å². The minimum absolute atomic E-state index is 0.0902. The molecule has 1 heterocycles. The summed E-state index contributed by atoms with van der Waals surface area (Å²) in [6.07, 6.45) is 3.32. The second-order valence-corrected chi connectivity index (χ2v) is 4.69. The predicted molar refractivity (Wildman–Crippen MR) is 75.6 cm³/mol. The number of carbonyl (C=O) groups excluding carboxylic acids is 1. The van der Waals surface area contributed by atoms with Gasteiger partial charge in [-0.25, -0.2) is 4.79 Å². The minimum atomic E-state index is -0.208. The Morgan fingerprint density at radius 1 is 1.16 bits per heavy atom. The van der Waals surface area contributed by atoms with Crippen molar-refractivity contribution in [1.82, 2.24) is 4.90 Å². The third kappa shape index (κ3) is 3.37. The molecule has 0 aromatic heterocycles. The Labute approximate surface area is 114 Å². The van der Waals surface area contributed by atoms with E-state index in [0.29, 0.717) is 0 Å². The van der Waals surface area contributed by atoms with E-state index in [1.807, 2.05) is 18.2 Å². The number of rotatable bonds is 6. The van der Waals surface area contributed by atoms with Crippen LogP contribution in [0.15, 0.2) is 42.1 Å². The van der Waals surface area contributed by atoms with Crippen LogP contribution in [-0.4, -0.2) is 30.1 Å². The highest BCUT2D eigenvalue weighted by Crippen LogP contribution is 2.23. The lowest BCUT2D eigenvalue weighted by Crippen LogP contribution is -2.29. The number of hydrogen-bond acceptors (Lipinski definition) is 3. The maximum Gasteiger partial charge on any atom is 0.333 e. The van der Waals surface area contributed by atoms with E-state index in [1.165, 1.54) is 5.56 Å². The molecule has 1 atom stereocenters. The zero-order chi connectivity index (χ0) is 13.7. The molecule has 3 heteroatoms. The molecule has 0 bridgehead atoms. The van der Waals surface area contributed by atoms with Crippen molar-refractivity contribution in [1.29, 1.82) is 0 Å². The Hall–Kier alpha value is -1.77. The van der Waals surface area contributed by atoms with Crippen LogP contribution in [0.1, 0.15) is 25.8 Å². The molecular weight excluding hydrogens is 238 g/mol. The molecule has 0 N–H and O–H groups in total. The normalized spacial score (nSPS) is 18.1. The zero-order valence-corrected chi connectivity index (χ0v) is 11.6. The van der Waals surface area contributed by atoms with Crippen LogP contribution in [0.4, 0.5) is 0 Å². The van der Waals surface area contributed by atoms with Gasteiger partial charge in [-0.05, 0) is 32.3 Å². The molecule has 1 aromatic rings. The topological polar surface area (TPSA) is 29.5 Å². The third-order valence-corrected chi connectivity index (χ3v) is 3.52. The number of hydrogen-bond donors (Lipinski definition) is 0. The van der Waals surface area contributed by atoms with Gasteiger partial charge < -0.3 is 9.64 Å². The number of ether oxygens (including phenoxy) is 1. The Morgan fingerprint density at radius 2 is 1.84 bits per heavy atom. The van der Waals surface area contributed by atoms with Crippen molar-refractivity contribution in [2.45, 2.75) is 32.8 Å². The van der Waals surface area contributed by atoms with E-state index in [-0.39, 0.29) is 12.1 Å². The molecule has 3 nitrogen and oxygen atoms in total. The summed E-state index contributed by atoms with van der Waals surface area (Å²) in [6.45, 7) is 6.00. The lowest BCUT2D eigenvalue weighted by atomic mass is 10.0. The number of aryl methyl sites for hydroxylation is 1. The summed E-state index contributed by atoms with van der Waals surface area (Å²) in [5, 5.41) is 0. The van der Waals surface area contributed by atoms with Gasteiger partial charge in [-0.3, -0.25) is 0 Å². The fourth-order valence-corrected chi connectivity index (χ4v) is 2.48. The van der Waals surface area contributed by atoms with Crippen LogP contribution >= 0.6 is 0 Å². The van der Waals surface area contributed by atoms with Gasteiger partial charge >= 0.3 is 5.97 Å². The lowest BCUT2D eigenvalue weighted by Gasteiger charge is -2.26. The second kappa shape index (κ2) is 6.41. The highest BCUT2D eigenvalue weighted by Gasteiger charge is 2.28. The highest BCUT2D eigenvalue weighted by atomic mass is 16.5. The molecule has 0 spiro atoms. The molecule has 2 rings (SSSR count). The summed E-state index contributed by atoms with van der Waals surface area (Å²) in [6, 6.07) is 10.3. The Morgan fingerprint density at radius 3 is 2.47 bits per heavy atom. The second-order valence-electron chi connectivity index (χ2n) is 4.69. The van der Waals surface area contributed by atoms with Crippen molar-refractivity contribution in [3.05, 3.63) is 47.7 Å². The Kier molecular flexibility index (Phi) is 4.61. The maximum atomic E-state index is 11.5. The number of esters is 1. The number of benzene rings is 1. The average Bonchev–Trinajstić information content (AvgIpc) is 2.80. The summed E-state index contributed by atoms with van der Waals surface area (Å²) >= 11 is 0. The van der Waals surface area contributed by atoms with Gasteiger partial charge in [-0.15, -0.1) is 0 Å². The van der Waals surface area contributed by atoms with Crippen LogP contribution in [0.25, 0.3) is 0 Å². The standard InChI is InChI=1S/C16H21NO2/c1-3-17(4-2)14-12-16(18)19-15(14)11-10-13-8-6-5-7-9-13/h5-9,12,15H,3-4,10-11H2,1-2H3. The lowest BCUT2D eigenvalue weighted by molar-refractivity contribution is -0.139. The number of carbonyl (C=O) groups is 1. The minimum Gasteiger partial charge on any atom is -0.453 e. The molecule has 0 amide bonds. The van der Waals surface area contributed by atoms with Crippen LogP contribution in [0.2, 0.25) is 0 Å². The van der Waals surface area contributed by atoms with E-state index < -0.39 is 0 Å².